The van der Waals surface area contributed by atoms with E-state index < -0.39 is 5.25 Å². The highest BCUT2D eigenvalue weighted by atomic mass is 32.2. The fourth-order valence-corrected chi connectivity index (χ4v) is 4.38. The average Bonchev–Trinajstić information content (AvgIpc) is 3.29. The summed E-state index contributed by atoms with van der Waals surface area (Å²) in [6.07, 6.45) is 3.40. The van der Waals surface area contributed by atoms with Gasteiger partial charge in [-0.3, -0.25) is 14.3 Å². The molecule has 1 N–H and O–H groups in total. The first kappa shape index (κ1) is 24.4. The molecule has 1 amide bonds. The average molecular weight is 492 g/mol. The van der Waals surface area contributed by atoms with E-state index in [4.69, 9.17) is 4.74 Å². The summed E-state index contributed by atoms with van der Waals surface area (Å²) in [7, 11) is 0. The normalized spacial score (nSPS) is 12.7. The third-order valence-corrected chi connectivity index (χ3v) is 6.40. The molecule has 0 fully saturated rings. The van der Waals surface area contributed by atoms with Crippen molar-refractivity contribution in [2.24, 2.45) is 0 Å². The van der Waals surface area contributed by atoms with Gasteiger partial charge < -0.3 is 10.1 Å². The predicted octanol–water partition coefficient (Wildman–Crippen LogP) is 5.23. The van der Waals surface area contributed by atoms with Crippen LogP contribution in [0.15, 0.2) is 78.2 Å². The molecule has 4 aromatic rings. The molecule has 2 aromatic heterocycles. The lowest BCUT2D eigenvalue weighted by molar-refractivity contribution is -0.120. The van der Waals surface area contributed by atoms with Crippen molar-refractivity contribution in [2.45, 2.75) is 37.2 Å². The minimum atomic E-state index is -0.450. The van der Waals surface area contributed by atoms with Crippen LogP contribution in [0.5, 0.6) is 5.75 Å². The summed E-state index contributed by atoms with van der Waals surface area (Å²) in [5, 5.41) is 11.9. The van der Waals surface area contributed by atoms with Crippen LogP contribution in [0.1, 0.15) is 32.4 Å². The highest BCUT2D eigenvalue weighted by molar-refractivity contribution is 8.00. The number of amides is 1. The van der Waals surface area contributed by atoms with Gasteiger partial charge in [-0.2, -0.15) is 0 Å². The maximum atomic E-state index is 13.2. The fourth-order valence-electron chi connectivity index (χ4n) is 3.50. The van der Waals surface area contributed by atoms with Crippen molar-refractivity contribution in [3.05, 3.63) is 84.4 Å². The van der Waals surface area contributed by atoms with Gasteiger partial charge in [0.25, 0.3) is 0 Å². The highest BCUT2D eigenvalue weighted by Crippen LogP contribution is 2.31. The van der Waals surface area contributed by atoms with Gasteiger partial charge in [-0.05, 0) is 74.9 Å². The van der Waals surface area contributed by atoms with Gasteiger partial charge in [0.2, 0.25) is 5.91 Å². The third kappa shape index (κ3) is 5.86. The van der Waals surface area contributed by atoms with Crippen molar-refractivity contribution >= 4 is 17.7 Å². The van der Waals surface area contributed by atoms with Crippen molar-refractivity contribution in [2.75, 3.05) is 6.61 Å². The Labute approximate surface area is 207 Å². The Kier molecular flexibility index (Phi) is 7.77. The molecule has 0 aliphatic heterocycles. The molecule has 0 aliphatic carbocycles. The molecule has 9 heteroatoms. The quantitative estimate of drug-likeness (QED) is 0.323. The zero-order chi connectivity index (χ0) is 24.8. The van der Waals surface area contributed by atoms with Crippen LogP contribution in [0.4, 0.5) is 4.39 Å². The summed E-state index contributed by atoms with van der Waals surface area (Å²) in [4.78, 5) is 17.0. The molecule has 35 heavy (non-hydrogen) atoms. The third-order valence-electron chi connectivity index (χ3n) is 5.36. The first-order valence-electron chi connectivity index (χ1n) is 11.3. The molecule has 0 spiro atoms. The smallest absolute Gasteiger partial charge is 0.233 e. The van der Waals surface area contributed by atoms with E-state index in [-0.39, 0.29) is 17.8 Å². The van der Waals surface area contributed by atoms with Crippen LogP contribution < -0.4 is 10.1 Å². The van der Waals surface area contributed by atoms with Crippen LogP contribution in [0.2, 0.25) is 0 Å². The Morgan fingerprint density at radius 3 is 2.37 bits per heavy atom. The van der Waals surface area contributed by atoms with Gasteiger partial charge >= 0.3 is 0 Å². The largest absolute Gasteiger partial charge is 0.494 e. The molecule has 2 unspecified atom stereocenters. The number of aromatic nitrogens is 4. The number of halogens is 1. The summed E-state index contributed by atoms with van der Waals surface area (Å²) in [6.45, 7) is 6.21. The van der Waals surface area contributed by atoms with Gasteiger partial charge in [0.05, 0.1) is 17.9 Å². The number of nitrogens with one attached hydrogen (secondary N) is 1. The van der Waals surface area contributed by atoms with E-state index in [1.54, 1.807) is 24.5 Å². The topological polar surface area (TPSA) is 81.9 Å². The molecule has 0 saturated carbocycles. The van der Waals surface area contributed by atoms with Crippen LogP contribution in [-0.4, -0.2) is 37.5 Å². The first-order valence-corrected chi connectivity index (χ1v) is 12.2. The van der Waals surface area contributed by atoms with Crippen molar-refractivity contribution < 1.29 is 13.9 Å². The van der Waals surface area contributed by atoms with E-state index in [2.05, 4.69) is 20.5 Å². The molecule has 0 saturated heterocycles. The lowest BCUT2D eigenvalue weighted by Gasteiger charge is -2.18. The van der Waals surface area contributed by atoms with E-state index in [0.717, 1.165) is 22.6 Å². The Hall–Kier alpha value is -3.72. The second-order valence-corrected chi connectivity index (χ2v) is 9.15. The van der Waals surface area contributed by atoms with E-state index >= 15 is 0 Å². The van der Waals surface area contributed by atoms with Crippen molar-refractivity contribution in [3.63, 3.8) is 0 Å². The van der Waals surface area contributed by atoms with Gasteiger partial charge in [-0.15, -0.1) is 10.2 Å². The maximum absolute atomic E-state index is 13.2. The van der Waals surface area contributed by atoms with Gasteiger partial charge in [0.15, 0.2) is 11.0 Å². The number of hydrogen-bond donors (Lipinski definition) is 1. The number of carbonyl (C=O) groups excluding carboxylic acids is 1. The van der Waals surface area contributed by atoms with E-state index in [0.29, 0.717) is 17.6 Å². The second-order valence-electron chi connectivity index (χ2n) is 7.85. The van der Waals surface area contributed by atoms with Crippen LogP contribution >= 0.6 is 11.8 Å². The number of pyridine rings is 1. The SMILES string of the molecule is CCOc1ccc(-n2c(SC(C)C(=O)NC(C)c3ccc(F)cc3)nnc2-c2ccncc2)cc1. The Morgan fingerprint density at radius 1 is 1.03 bits per heavy atom. The van der Waals surface area contributed by atoms with Crippen LogP contribution in [0, 0.1) is 5.82 Å². The zero-order valence-electron chi connectivity index (χ0n) is 19.7. The lowest BCUT2D eigenvalue weighted by atomic mass is 10.1. The number of nitrogens with zero attached hydrogens (tertiary/aromatic N) is 4. The van der Waals surface area contributed by atoms with Crippen molar-refractivity contribution in [3.8, 4) is 22.8 Å². The molecule has 7 nitrogen and oxygen atoms in total. The minimum absolute atomic E-state index is 0.154. The van der Waals surface area contributed by atoms with E-state index in [1.807, 2.05) is 61.7 Å². The summed E-state index contributed by atoms with van der Waals surface area (Å²) in [5.41, 5.74) is 2.53. The maximum Gasteiger partial charge on any atom is 0.233 e. The summed E-state index contributed by atoms with van der Waals surface area (Å²) >= 11 is 1.31. The van der Waals surface area contributed by atoms with Crippen molar-refractivity contribution in [1.82, 2.24) is 25.1 Å². The number of thioether (sulfide) groups is 1. The second kappa shape index (κ2) is 11.1. The first-order chi connectivity index (χ1) is 17.0. The standard InChI is InChI=1S/C26H26FN5O2S/c1-4-34-23-11-9-22(10-12-23)32-24(20-13-15-28-16-14-20)30-31-26(32)35-18(3)25(33)29-17(2)19-5-7-21(27)8-6-19/h5-18H,4H2,1-3H3,(H,29,33). The van der Waals surface area contributed by atoms with Gasteiger partial charge in [0, 0.05) is 23.6 Å². The number of rotatable bonds is 9. The molecule has 2 atom stereocenters. The van der Waals surface area contributed by atoms with E-state index in [1.165, 1.54) is 23.9 Å². The number of benzene rings is 2. The zero-order valence-corrected chi connectivity index (χ0v) is 20.5. The monoisotopic (exact) mass is 491 g/mol. The number of carbonyl (C=O) groups is 1. The van der Waals surface area contributed by atoms with Crippen LogP contribution in [0.3, 0.4) is 0 Å². The molecule has 0 bridgehead atoms. The molecule has 0 radical (unpaired) electrons. The summed E-state index contributed by atoms with van der Waals surface area (Å²) < 4.78 is 20.7. The molecule has 180 valence electrons. The Bertz CT molecular complexity index is 1260. The van der Waals surface area contributed by atoms with Crippen LogP contribution in [-0.2, 0) is 4.79 Å². The number of hydrogen-bond acceptors (Lipinski definition) is 6. The summed E-state index contributed by atoms with van der Waals surface area (Å²) in [6, 6.07) is 17.2. The lowest BCUT2D eigenvalue weighted by Crippen LogP contribution is -2.33. The molecule has 0 aliphatic rings. The highest BCUT2D eigenvalue weighted by Gasteiger charge is 2.23. The molecular weight excluding hydrogens is 465 g/mol. The molecule has 2 aromatic carbocycles. The van der Waals surface area contributed by atoms with Crippen LogP contribution in [0.25, 0.3) is 17.1 Å². The summed E-state index contributed by atoms with van der Waals surface area (Å²) in [5.74, 6) is 0.950. The van der Waals surface area contributed by atoms with Gasteiger partial charge in [-0.25, -0.2) is 4.39 Å². The van der Waals surface area contributed by atoms with E-state index in [9.17, 15) is 9.18 Å². The molecule has 2 heterocycles. The fraction of sp³-hybridized carbons (Fsp3) is 0.231. The molecule has 4 rings (SSSR count). The van der Waals surface area contributed by atoms with Gasteiger partial charge in [-0.1, -0.05) is 23.9 Å². The minimum Gasteiger partial charge on any atom is -0.494 e. The number of ether oxygens (including phenoxy) is 1. The molecular formula is C26H26FN5O2S. The van der Waals surface area contributed by atoms with Gasteiger partial charge in [0.1, 0.15) is 11.6 Å². The Balaban J connectivity index is 1.58. The predicted molar refractivity (Wildman–Crippen MR) is 134 cm³/mol. The Morgan fingerprint density at radius 2 is 1.71 bits per heavy atom. The van der Waals surface area contributed by atoms with Crippen molar-refractivity contribution in [1.29, 1.82) is 0 Å².